The second kappa shape index (κ2) is 7.12. The van der Waals surface area contributed by atoms with Gasteiger partial charge in [-0.05, 0) is 24.1 Å². The maximum Gasteiger partial charge on any atom is 0.146 e. The standard InChI is InChI=1S/C20H23N3OS/c1-2-22-10-12-23(13-11-22)19(17-6-4-14-25-17)16-8-7-15-5-3-9-21-18(15)20(16)24/h3-9,14,19,24H,2,10-13H2,1H3/t19-/m1/s1. The molecule has 5 heteroatoms. The van der Waals surface area contributed by atoms with Gasteiger partial charge in [0.05, 0.1) is 6.04 Å². The van der Waals surface area contributed by atoms with Gasteiger partial charge in [0.2, 0.25) is 0 Å². The number of hydrogen-bond donors (Lipinski definition) is 1. The summed E-state index contributed by atoms with van der Waals surface area (Å²) in [6.07, 6.45) is 1.74. The van der Waals surface area contributed by atoms with Crippen LogP contribution in [-0.4, -0.2) is 52.6 Å². The minimum absolute atomic E-state index is 0.0883. The number of pyridine rings is 1. The second-order valence-corrected chi connectivity index (χ2v) is 7.45. The monoisotopic (exact) mass is 353 g/mol. The van der Waals surface area contributed by atoms with E-state index in [0.29, 0.717) is 11.3 Å². The Hall–Kier alpha value is -1.95. The third-order valence-electron chi connectivity index (χ3n) is 5.11. The van der Waals surface area contributed by atoms with Crippen molar-refractivity contribution in [1.82, 2.24) is 14.8 Å². The lowest BCUT2D eigenvalue weighted by molar-refractivity contribution is 0.113. The molecule has 2 aromatic heterocycles. The van der Waals surface area contributed by atoms with Crippen LogP contribution in [0.2, 0.25) is 0 Å². The number of piperazine rings is 1. The summed E-state index contributed by atoms with van der Waals surface area (Å²) in [6.45, 7) is 7.48. The first-order chi connectivity index (χ1) is 12.3. The van der Waals surface area contributed by atoms with Gasteiger partial charge in [0.1, 0.15) is 11.3 Å². The first-order valence-electron chi connectivity index (χ1n) is 8.84. The van der Waals surface area contributed by atoms with Crippen molar-refractivity contribution in [2.75, 3.05) is 32.7 Å². The van der Waals surface area contributed by atoms with Crippen molar-refractivity contribution in [2.45, 2.75) is 13.0 Å². The van der Waals surface area contributed by atoms with Crippen molar-refractivity contribution in [3.05, 3.63) is 58.4 Å². The van der Waals surface area contributed by atoms with E-state index >= 15 is 0 Å². The summed E-state index contributed by atoms with van der Waals surface area (Å²) >= 11 is 1.75. The molecule has 4 nitrogen and oxygen atoms in total. The van der Waals surface area contributed by atoms with Gasteiger partial charge in [-0.15, -0.1) is 11.3 Å². The number of aromatic nitrogens is 1. The van der Waals surface area contributed by atoms with E-state index in [1.807, 2.05) is 12.1 Å². The minimum atomic E-state index is 0.0883. The van der Waals surface area contributed by atoms with Crippen molar-refractivity contribution in [3.63, 3.8) is 0 Å². The molecular formula is C20H23N3OS. The quantitative estimate of drug-likeness (QED) is 0.776. The van der Waals surface area contributed by atoms with Crippen LogP contribution in [-0.2, 0) is 0 Å². The molecule has 0 radical (unpaired) electrons. The molecule has 1 fully saturated rings. The number of thiophene rings is 1. The molecule has 0 bridgehead atoms. The summed E-state index contributed by atoms with van der Waals surface area (Å²) in [5, 5.41) is 14.0. The number of nitrogens with zero attached hydrogens (tertiary/aromatic N) is 3. The molecule has 1 aromatic carbocycles. The van der Waals surface area contributed by atoms with Crippen molar-refractivity contribution in [1.29, 1.82) is 0 Å². The Bertz CT molecular complexity index is 841. The molecule has 0 unspecified atom stereocenters. The molecule has 1 atom stereocenters. The zero-order valence-electron chi connectivity index (χ0n) is 14.4. The number of likely N-dealkylation sites (N-methyl/N-ethyl adjacent to an activating group) is 1. The number of benzene rings is 1. The van der Waals surface area contributed by atoms with Crippen molar-refractivity contribution in [2.24, 2.45) is 0 Å². The molecule has 1 N–H and O–H groups in total. The maximum absolute atomic E-state index is 11.0. The zero-order chi connectivity index (χ0) is 17.2. The molecule has 1 aliphatic rings. The summed E-state index contributed by atoms with van der Waals surface area (Å²) in [7, 11) is 0. The number of rotatable bonds is 4. The summed E-state index contributed by atoms with van der Waals surface area (Å²) in [6, 6.07) is 12.4. The molecule has 3 aromatic rings. The fourth-order valence-electron chi connectivity index (χ4n) is 3.68. The van der Waals surface area contributed by atoms with Gasteiger partial charge in [-0.25, -0.2) is 0 Å². The van der Waals surface area contributed by atoms with Crippen molar-refractivity contribution in [3.8, 4) is 5.75 Å². The fourth-order valence-corrected chi connectivity index (χ4v) is 4.56. The van der Waals surface area contributed by atoms with Crippen LogP contribution < -0.4 is 0 Å². The lowest BCUT2D eigenvalue weighted by atomic mass is 9.99. The predicted molar refractivity (Wildman–Crippen MR) is 103 cm³/mol. The Labute approximate surface area is 152 Å². The number of hydrogen-bond acceptors (Lipinski definition) is 5. The Morgan fingerprint density at radius 2 is 1.96 bits per heavy atom. The van der Waals surface area contributed by atoms with Crippen LogP contribution in [0.25, 0.3) is 10.9 Å². The zero-order valence-corrected chi connectivity index (χ0v) is 15.2. The third kappa shape index (κ3) is 3.15. The van der Waals surface area contributed by atoms with Crippen LogP contribution >= 0.6 is 11.3 Å². The molecular weight excluding hydrogens is 330 g/mol. The normalized spacial score (nSPS) is 17.8. The number of aromatic hydroxyl groups is 1. The molecule has 130 valence electrons. The highest BCUT2D eigenvalue weighted by Gasteiger charge is 2.29. The van der Waals surface area contributed by atoms with Crippen LogP contribution in [0.15, 0.2) is 48.0 Å². The molecule has 0 saturated carbocycles. The molecule has 0 spiro atoms. The highest BCUT2D eigenvalue weighted by atomic mass is 32.1. The molecule has 4 rings (SSSR count). The van der Waals surface area contributed by atoms with E-state index < -0.39 is 0 Å². The van der Waals surface area contributed by atoms with Crippen LogP contribution in [0.4, 0.5) is 0 Å². The summed E-state index contributed by atoms with van der Waals surface area (Å²) in [5.74, 6) is 0.314. The number of phenolic OH excluding ortho intramolecular Hbond substituents is 1. The highest BCUT2D eigenvalue weighted by Crippen LogP contribution is 2.39. The van der Waals surface area contributed by atoms with E-state index in [4.69, 9.17) is 0 Å². The first kappa shape index (κ1) is 16.5. The molecule has 1 aliphatic heterocycles. The van der Waals surface area contributed by atoms with Crippen LogP contribution in [0.3, 0.4) is 0 Å². The molecule has 3 heterocycles. The van der Waals surface area contributed by atoms with Gasteiger partial charge in [0.25, 0.3) is 0 Å². The van der Waals surface area contributed by atoms with Gasteiger partial charge in [0.15, 0.2) is 0 Å². The summed E-state index contributed by atoms with van der Waals surface area (Å²) in [4.78, 5) is 10.6. The lowest BCUT2D eigenvalue weighted by Gasteiger charge is -2.39. The van der Waals surface area contributed by atoms with Crippen molar-refractivity contribution >= 4 is 22.2 Å². The van der Waals surface area contributed by atoms with Gasteiger partial charge >= 0.3 is 0 Å². The molecule has 0 aliphatic carbocycles. The molecule has 1 saturated heterocycles. The van der Waals surface area contributed by atoms with Crippen LogP contribution in [0, 0.1) is 0 Å². The van der Waals surface area contributed by atoms with Crippen LogP contribution in [0.1, 0.15) is 23.4 Å². The van der Waals surface area contributed by atoms with E-state index in [9.17, 15) is 5.11 Å². The average Bonchev–Trinajstić information content (AvgIpc) is 3.19. The Kier molecular flexibility index (Phi) is 4.70. The van der Waals surface area contributed by atoms with E-state index in [0.717, 1.165) is 43.7 Å². The van der Waals surface area contributed by atoms with Crippen LogP contribution in [0.5, 0.6) is 5.75 Å². The maximum atomic E-state index is 11.0. The van der Waals surface area contributed by atoms with Gasteiger partial charge in [-0.2, -0.15) is 0 Å². The topological polar surface area (TPSA) is 39.6 Å². The SMILES string of the molecule is CCN1CCN([C@@H](c2cccs2)c2ccc3cccnc3c2O)CC1. The number of phenols is 1. The van der Waals surface area contributed by atoms with Gasteiger partial charge in [-0.3, -0.25) is 9.88 Å². The smallest absolute Gasteiger partial charge is 0.146 e. The molecule has 0 amide bonds. The fraction of sp³-hybridized carbons (Fsp3) is 0.350. The third-order valence-corrected chi connectivity index (χ3v) is 6.03. The Morgan fingerprint density at radius 1 is 1.12 bits per heavy atom. The van der Waals surface area contributed by atoms with E-state index in [2.05, 4.69) is 51.4 Å². The Morgan fingerprint density at radius 3 is 2.68 bits per heavy atom. The van der Waals surface area contributed by atoms with Gasteiger partial charge < -0.3 is 10.0 Å². The van der Waals surface area contributed by atoms with Gasteiger partial charge in [-0.1, -0.05) is 31.2 Å². The largest absolute Gasteiger partial charge is 0.505 e. The second-order valence-electron chi connectivity index (χ2n) is 6.47. The summed E-state index contributed by atoms with van der Waals surface area (Å²) in [5.41, 5.74) is 1.65. The number of fused-ring (bicyclic) bond motifs is 1. The Balaban J connectivity index is 1.76. The van der Waals surface area contributed by atoms with E-state index in [-0.39, 0.29) is 6.04 Å². The average molecular weight is 353 g/mol. The van der Waals surface area contributed by atoms with Gasteiger partial charge in [0, 0.05) is 48.2 Å². The molecule has 25 heavy (non-hydrogen) atoms. The first-order valence-corrected chi connectivity index (χ1v) is 9.72. The lowest BCUT2D eigenvalue weighted by Crippen LogP contribution is -2.47. The van der Waals surface area contributed by atoms with Crippen molar-refractivity contribution < 1.29 is 5.11 Å². The van der Waals surface area contributed by atoms with E-state index in [1.54, 1.807) is 17.5 Å². The van der Waals surface area contributed by atoms with E-state index in [1.165, 1.54) is 4.88 Å². The summed E-state index contributed by atoms with van der Waals surface area (Å²) < 4.78 is 0. The predicted octanol–water partition coefficient (Wildman–Crippen LogP) is 3.73. The highest BCUT2D eigenvalue weighted by molar-refractivity contribution is 7.10. The minimum Gasteiger partial charge on any atom is -0.505 e.